The lowest BCUT2D eigenvalue weighted by Crippen LogP contribution is -2.32. The van der Waals surface area contributed by atoms with Gasteiger partial charge in [-0.15, -0.1) is 0 Å². The lowest BCUT2D eigenvalue weighted by Gasteiger charge is -2.10. The molecule has 5 rings (SSSR count). The number of rotatable bonds is 9. The molecule has 0 bridgehead atoms. The van der Waals surface area contributed by atoms with Crippen LogP contribution in [0.1, 0.15) is 31.8 Å². The molecule has 4 aromatic rings. The van der Waals surface area contributed by atoms with Crippen molar-refractivity contribution in [3.05, 3.63) is 135 Å². The summed E-state index contributed by atoms with van der Waals surface area (Å²) in [4.78, 5) is 49.4. The maximum Gasteiger partial charge on any atom is 0.343 e. The lowest BCUT2D eigenvalue weighted by atomic mass is 10.1. The van der Waals surface area contributed by atoms with Crippen LogP contribution in [0, 0.1) is 10.1 Å². The van der Waals surface area contributed by atoms with Gasteiger partial charge in [-0.1, -0.05) is 42.5 Å². The zero-order chi connectivity index (χ0) is 30.2. The summed E-state index contributed by atoms with van der Waals surface area (Å²) in [6.45, 7) is 0.0651. The Morgan fingerprint density at radius 1 is 0.860 bits per heavy atom. The fourth-order valence-electron chi connectivity index (χ4n) is 3.91. The number of nitrogens with one attached hydrogen (secondary N) is 2. The van der Waals surface area contributed by atoms with Crippen molar-refractivity contribution in [2.24, 2.45) is 5.10 Å². The summed E-state index contributed by atoms with van der Waals surface area (Å²) in [6.07, 6.45) is 2.52. The van der Waals surface area contributed by atoms with Gasteiger partial charge in [0.25, 0.3) is 17.5 Å². The highest BCUT2D eigenvalue weighted by Gasteiger charge is 2.18. The average molecular weight is 579 g/mol. The topological polar surface area (TPSA) is 158 Å². The van der Waals surface area contributed by atoms with Gasteiger partial charge in [0.1, 0.15) is 11.4 Å². The number of nitro groups is 1. The molecule has 2 amide bonds. The first kappa shape index (κ1) is 28.2. The van der Waals surface area contributed by atoms with Gasteiger partial charge >= 0.3 is 5.97 Å². The molecular weight excluding hydrogens is 556 g/mol. The van der Waals surface area contributed by atoms with Crippen molar-refractivity contribution in [1.29, 1.82) is 0 Å². The first-order chi connectivity index (χ1) is 20.9. The summed E-state index contributed by atoms with van der Waals surface area (Å²) in [5.74, 6) is -1.03. The van der Waals surface area contributed by atoms with Crippen LogP contribution in [0.2, 0.25) is 0 Å². The van der Waals surface area contributed by atoms with E-state index in [1.54, 1.807) is 78.9 Å². The second-order valence-electron chi connectivity index (χ2n) is 8.92. The number of carbonyl (C=O) groups is 3. The van der Waals surface area contributed by atoms with Crippen molar-refractivity contribution >= 4 is 35.8 Å². The molecule has 12 heteroatoms. The number of hydrogen-bond acceptors (Lipinski definition) is 9. The van der Waals surface area contributed by atoms with E-state index in [0.29, 0.717) is 22.6 Å². The fraction of sp³-hybridized carbons (Fsp3) is 0.0323. The third-order valence-electron chi connectivity index (χ3n) is 6.02. The van der Waals surface area contributed by atoms with Crippen molar-refractivity contribution in [2.45, 2.75) is 0 Å². The third kappa shape index (κ3) is 7.08. The van der Waals surface area contributed by atoms with E-state index in [1.165, 1.54) is 18.2 Å². The lowest BCUT2D eigenvalue weighted by molar-refractivity contribution is -0.384. The molecule has 4 aromatic carbocycles. The summed E-state index contributed by atoms with van der Waals surface area (Å²) in [5.41, 5.74) is 3.03. The van der Waals surface area contributed by atoms with Gasteiger partial charge in [0.15, 0.2) is 11.5 Å². The third-order valence-corrected chi connectivity index (χ3v) is 6.02. The minimum atomic E-state index is -0.800. The van der Waals surface area contributed by atoms with Crippen LogP contribution >= 0.6 is 0 Å². The fourth-order valence-corrected chi connectivity index (χ4v) is 3.91. The predicted octanol–water partition coefficient (Wildman–Crippen LogP) is 4.46. The van der Waals surface area contributed by atoms with Gasteiger partial charge in [-0.3, -0.25) is 19.7 Å². The van der Waals surface area contributed by atoms with E-state index in [0.717, 1.165) is 12.3 Å². The Kier molecular flexibility index (Phi) is 8.48. The van der Waals surface area contributed by atoms with Crippen LogP contribution in [0.15, 0.2) is 108 Å². The van der Waals surface area contributed by atoms with Crippen molar-refractivity contribution in [2.75, 3.05) is 6.79 Å². The zero-order valence-corrected chi connectivity index (χ0v) is 22.3. The molecule has 0 spiro atoms. The number of nitrogens with zero attached hydrogens (tertiary/aromatic N) is 2. The number of carbonyl (C=O) groups excluding carboxylic acids is 3. The first-order valence-electron chi connectivity index (χ1n) is 12.7. The first-order valence-corrected chi connectivity index (χ1v) is 12.7. The van der Waals surface area contributed by atoms with Crippen molar-refractivity contribution in [3.8, 4) is 17.2 Å². The number of non-ortho nitro benzene ring substituents is 1. The Labute approximate surface area is 244 Å². The van der Waals surface area contributed by atoms with Crippen molar-refractivity contribution < 1.29 is 33.5 Å². The van der Waals surface area contributed by atoms with E-state index in [1.807, 2.05) is 0 Å². The van der Waals surface area contributed by atoms with Crippen molar-refractivity contribution in [3.63, 3.8) is 0 Å². The minimum absolute atomic E-state index is 0.0223. The molecule has 0 aromatic heterocycles. The summed E-state index contributed by atoms with van der Waals surface area (Å²) in [6, 6.07) is 25.0. The number of amides is 2. The van der Waals surface area contributed by atoms with Crippen LogP contribution in [0.3, 0.4) is 0 Å². The summed E-state index contributed by atoms with van der Waals surface area (Å²) < 4.78 is 16.1. The SMILES string of the molecule is O=C(N/N=C\c1cc([N+](=O)[O-])ccc1OC(=O)c1ccccc1)/C(=C/c1ccc2c(c1)OCO2)NC(=O)c1ccccc1. The Bertz CT molecular complexity index is 1750. The molecule has 0 radical (unpaired) electrons. The summed E-state index contributed by atoms with van der Waals surface area (Å²) in [7, 11) is 0. The summed E-state index contributed by atoms with van der Waals surface area (Å²) >= 11 is 0. The Hall–Kier alpha value is -6.30. The quantitative estimate of drug-likeness (QED) is 0.0736. The number of hydrazone groups is 1. The van der Waals surface area contributed by atoms with E-state index in [-0.39, 0.29) is 35.1 Å². The van der Waals surface area contributed by atoms with E-state index in [9.17, 15) is 24.5 Å². The highest BCUT2D eigenvalue weighted by molar-refractivity contribution is 6.05. The number of ether oxygens (including phenoxy) is 3. The average Bonchev–Trinajstić information content (AvgIpc) is 3.50. The molecule has 43 heavy (non-hydrogen) atoms. The molecular formula is C31H22N4O8. The van der Waals surface area contributed by atoms with Gasteiger partial charge in [-0.2, -0.15) is 5.10 Å². The van der Waals surface area contributed by atoms with E-state index in [4.69, 9.17) is 14.2 Å². The molecule has 0 saturated carbocycles. The van der Waals surface area contributed by atoms with E-state index in [2.05, 4.69) is 15.8 Å². The molecule has 1 heterocycles. The molecule has 0 atom stereocenters. The number of esters is 1. The second-order valence-corrected chi connectivity index (χ2v) is 8.92. The van der Waals surface area contributed by atoms with Crippen LogP contribution in [0.5, 0.6) is 17.2 Å². The molecule has 0 fully saturated rings. The Morgan fingerprint density at radius 2 is 1.56 bits per heavy atom. The van der Waals surface area contributed by atoms with Crippen molar-refractivity contribution in [1.82, 2.24) is 10.7 Å². The normalized spacial score (nSPS) is 12.0. The molecule has 0 saturated heterocycles. The second kappa shape index (κ2) is 12.9. The molecule has 0 unspecified atom stereocenters. The molecule has 214 valence electrons. The molecule has 1 aliphatic rings. The van der Waals surface area contributed by atoms with E-state index >= 15 is 0 Å². The highest BCUT2D eigenvalue weighted by atomic mass is 16.7. The number of hydrogen-bond donors (Lipinski definition) is 2. The highest BCUT2D eigenvalue weighted by Crippen LogP contribution is 2.33. The Balaban J connectivity index is 1.39. The number of nitro benzene ring substituents is 1. The number of benzene rings is 4. The standard InChI is InChI=1S/C31H22N4O8/c36-29(21-7-3-1-4-8-21)33-25(15-20-11-13-27-28(16-20)42-19-41-27)30(37)34-32-18-23-17-24(35(39)40)12-14-26(23)43-31(38)22-9-5-2-6-10-22/h1-18H,19H2,(H,33,36)(H,34,37)/b25-15-,32-18-. The number of fused-ring (bicyclic) bond motifs is 1. The maximum absolute atomic E-state index is 13.2. The van der Waals surface area contributed by atoms with Crippen LogP contribution in [0.4, 0.5) is 5.69 Å². The van der Waals surface area contributed by atoms with E-state index < -0.39 is 22.7 Å². The molecule has 2 N–H and O–H groups in total. The van der Waals surface area contributed by atoms with Crippen LogP contribution in [0.25, 0.3) is 6.08 Å². The Morgan fingerprint density at radius 3 is 2.28 bits per heavy atom. The molecule has 0 aliphatic carbocycles. The van der Waals surface area contributed by atoms with Gasteiger partial charge < -0.3 is 19.5 Å². The van der Waals surface area contributed by atoms with Crippen LogP contribution in [-0.4, -0.2) is 35.7 Å². The zero-order valence-electron chi connectivity index (χ0n) is 22.3. The van der Waals surface area contributed by atoms with Crippen LogP contribution in [-0.2, 0) is 4.79 Å². The van der Waals surface area contributed by atoms with Gasteiger partial charge in [-0.05, 0) is 54.1 Å². The summed E-state index contributed by atoms with van der Waals surface area (Å²) in [5, 5.41) is 17.9. The molecule has 1 aliphatic heterocycles. The maximum atomic E-state index is 13.2. The monoisotopic (exact) mass is 578 g/mol. The molecule has 12 nitrogen and oxygen atoms in total. The predicted molar refractivity (Wildman–Crippen MR) is 155 cm³/mol. The van der Waals surface area contributed by atoms with Gasteiger partial charge in [0.05, 0.1) is 16.7 Å². The smallest absolute Gasteiger partial charge is 0.343 e. The van der Waals surface area contributed by atoms with Gasteiger partial charge in [0, 0.05) is 23.3 Å². The minimum Gasteiger partial charge on any atom is -0.454 e. The van der Waals surface area contributed by atoms with Gasteiger partial charge in [0.2, 0.25) is 6.79 Å². The largest absolute Gasteiger partial charge is 0.454 e. The van der Waals surface area contributed by atoms with Crippen LogP contribution < -0.4 is 25.0 Å². The van der Waals surface area contributed by atoms with Gasteiger partial charge in [-0.25, -0.2) is 10.2 Å².